The van der Waals surface area contributed by atoms with Gasteiger partial charge >= 0.3 is 23.8 Å². The van der Waals surface area contributed by atoms with Crippen molar-refractivity contribution in [1.82, 2.24) is 14.0 Å². The van der Waals surface area contributed by atoms with E-state index in [4.69, 9.17) is 9.47 Å². The van der Waals surface area contributed by atoms with Crippen LogP contribution >= 0.6 is 0 Å². The summed E-state index contributed by atoms with van der Waals surface area (Å²) in [4.78, 5) is 54.3. The van der Waals surface area contributed by atoms with Gasteiger partial charge in [0.1, 0.15) is 5.82 Å². The molecule has 53 heavy (non-hydrogen) atoms. The zero-order chi connectivity index (χ0) is 38.9. The summed E-state index contributed by atoms with van der Waals surface area (Å²) in [5, 5.41) is 9.36. The molecule has 0 aliphatic carbocycles. The van der Waals surface area contributed by atoms with Crippen LogP contribution in [0.3, 0.4) is 0 Å². The number of carbonyl (C=O) groups is 2. The number of aromatic nitrogens is 2. The fraction of sp³-hybridized carbons (Fsp3) is 0.368. The highest BCUT2D eigenvalue weighted by molar-refractivity contribution is 5.69. The average Bonchev–Trinajstić information content (AvgIpc) is 3.11. The Kier molecular flexibility index (Phi) is 13.7. The molecule has 0 fully saturated rings. The van der Waals surface area contributed by atoms with Crippen molar-refractivity contribution in [2.24, 2.45) is 0 Å². The van der Waals surface area contributed by atoms with Crippen LogP contribution in [0.15, 0.2) is 76.3 Å². The van der Waals surface area contributed by atoms with Gasteiger partial charge in [0.2, 0.25) is 0 Å². The maximum absolute atomic E-state index is 15.9. The first-order valence-electron chi connectivity index (χ1n) is 16.9. The van der Waals surface area contributed by atoms with Crippen molar-refractivity contribution in [3.63, 3.8) is 0 Å². The normalized spacial score (nSPS) is 12.2. The molecule has 15 heteroatoms. The topological polar surface area (TPSA) is 120 Å². The fourth-order valence-electron chi connectivity index (χ4n) is 6.26. The van der Waals surface area contributed by atoms with Crippen molar-refractivity contribution in [3.05, 3.63) is 122 Å². The third kappa shape index (κ3) is 9.77. The molecule has 0 amide bonds. The van der Waals surface area contributed by atoms with E-state index in [9.17, 15) is 37.5 Å². The molecular weight excluding hydrogens is 705 g/mol. The number of hydrogen-bond acceptors (Lipinski definition) is 7. The molecule has 4 rings (SSSR count). The summed E-state index contributed by atoms with van der Waals surface area (Å²) < 4.78 is 85.1. The lowest BCUT2D eigenvalue weighted by Crippen LogP contribution is -2.46. The minimum Gasteiger partial charge on any atom is -0.494 e. The van der Waals surface area contributed by atoms with Gasteiger partial charge in [-0.15, -0.1) is 0 Å². The van der Waals surface area contributed by atoms with E-state index in [1.165, 1.54) is 32.2 Å². The highest BCUT2D eigenvalue weighted by Crippen LogP contribution is 2.34. The van der Waals surface area contributed by atoms with Crippen LogP contribution in [0, 0.1) is 18.6 Å². The minimum absolute atomic E-state index is 0.0194. The monoisotopic (exact) mass is 745 g/mol. The van der Waals surface area contributed by atoms with Crippen LogP contribution in [0.5, 0.6) is 5.75 Å². The summed E-state index contributed by atoms with van der Waals surface area (Å²) >= 11 is 0. The Morgan fingerprint density at radius 3 is 2.19 bits per heavy atom. The van der Waals surface area contributed by atoms with E-state index in [-0.39, 0.29) is 68.0 Å². The van der Waals surface area contributed by atoms with Crippen molar-refractivity contribution in [3.8, 4) is 16.9 Å². The lowest BCUT2D eigenvalue weighted by molar-refractivity contribution is -0.143. The van der Waals surface area contributed by atoms with E-state index >= 15 is 8.78 Å². The van der Waals surface area contributed by atoms with E-state index in [2.05, 4.69) is 0 Å². The first-order valence-corrected chi connectivity index (χ1v) is 16.9. The van der Waals surface area contributed by atoms with Gasteiger partial charge in [-0.3, -0.25) is 28.4 Å². The Hall–Kier alpha value is -5.31. The molecule has 0 saturated carbocycles. The van der Waals surface area contributed by atoms with E-state index < -0.39 is 71.3 Å². The number of nitrogens with zero attached hydrogens (tertiary/aromatic N) is 3. The molecule has 3 aromatic carbocycles. The van der Waals surface area contributed by atoms with Gasteiger partial charge in [-0.25, -0.2) is 13.6 Å². The molecule has 0 saturated heterocycles. The molecule has 0 unspecified atom stereocenters. The number of carboxylic acids is 1. The van der Waals surface area contributed by atoms with Crippen molar-refractivity contribution in [2.45, 2.75) is 64.8 Å². The Morgan fingerprint density at radius 1 is 0.906 bits per heavy atom. The number of ether oxygens (including phenoxy) is 2. The van der Waals surface area contributed by atoms with Crippen molar-refractivity contribution in [1.29, 1.82) is 0 Å². The number of esters is 1. The molecule has 0 spiro atoms. The van der Waals surface area contributed by atoms with Crippen LogP contribution in [-0.4, -0.2) is 57.9 Å². The molecular formula is C38H40F5N3O7. The van der Waals surface area contributed by atoms with Gasteiger partial charge in [-0.1, -0.05) is 48.5 Å². The molecule has 10 nitrogen and oxygen atoms in total. The van der Waals surface area contributed by atoms with Crippen LogP contribution in [-0.2, 0) is 33.6 Å². The molecule has 0 bridgehead atoms. The van der Waals surface area contributed by atoms with E-state index in [0.717, 1.165) is 21.3 Å². The maximum atomic E-state index is 15.9. The maximum Gasteiger partial charge on any atom is 0.416 e. The summed E-state index contributed by atoms with van der Waals surface area (Å²) in [6, 6.07) is 14.1. The molecule has 284 valence electrons. The van der Waals surface area contributed by atoms with Crippen LogP contribution in [0.1, 0.15) is 61.0 Å². The predicted molar refractivity (Wildman–Crippen MR) is 186 cm³/mol. The van der Waals surface area contributed by atoms with Gasteiger partial charge in [-0.2, -0.15) is 13.2 Å². The summed E-state index contributed by atoms with van der Waals surface area (Å²) in [6.45, 7) is 2.04. The lowest BCUT2D eigenvalue weighted by atomic mass is 10.0. The first kappa shape index (κ1) is 40.5. The number of alkyl halides is 3. The number of carboxylic acid groups (broad SMARTS) is 1. The number of carbonyl (C=O) groups excluding carboxylic acids is 1. The van der Waals surface area contributed by atoms with Gasteiger partial charge in [0, 0.05) is 29.7 Å². The number of methoxy groups -OCH3 is 1. The average molecular weight is 746 g/mol. The molecule has 1 N–H and O–H groups in total. The summed E-state index contributed by atoms with van der Waals surface area (Å²) in [7, 11) is 1.20. The third-order valence-electron chi connectivity index (χ3n) is 8.83. The molecule has 1 aromatic heterocycles. The summed E-state index contributed by atoms with van der Waals surface area (Å²) in [5.74, 6) is -3.97. The molecule has 0 aliphatic heterocycles. The minimum atomic E-state index is -5.00. The van der Waals surface area contributed by atoms with E-state index in [1.807, 2.05) is 0 Å². The highest BCUT2D eigenvalue weighted by Gasteiger charge is 2.35. The SMILES string of the molecule is CCOC(=O)CCCN(CCCC(=O)O)[C@@H](Cn1c(=O)c(-c2cccc(OC)c2F)c(C)n(Cc2c(F)cccc2C(F)(F)F)c1=O)c1ccccc1. The molecule has 0 aliphatic rings. The van der Waals surface area contributed by atoms with Gasteiger partial charge in [0.15, 0.2) is 11.6 Å². The zero-order valence-electron chi connectivity index (χ0n) is 29.4. The van der Waals surface area contributed by atoms with Crippen LogP contribution in [0.2, 0.25) is 0 Å². The number of rotatable bonds is 17. The zero-order valence-corrected chi connectivity index (χ0v) is 29.4. The molecule has 1 heterocycles. The second kappa shape index (κ2) is 17.9. The van der Waals surface area contributed by atoms with Crippen LogP contribution < -0.4 is 16.0 Å². The van der Waals surface area contributed by atoms with Gasteiger partial charge in [0.25, 0.3) is 5.56 Å². The smallest absolute Gasteiger partial charge is 0.416 e. The van der Waals surface area contributed by atoms with Crippen molar-refractivity contribution >= 4 is 11.9 Å². The third-order valence-corrected chi connectivity index (χ3v) is 8.83. The van der Waals surface area contributed by atoms with E-state index in [0.29, 0.717) is 11.6 Å². The van der Waals surface area contributed by atoms with Crippen molar-refractivity contribution < 1.29 is 46.1 Å². The largest absolute Gasteiger partial charge is 0.494 e. The first-order chi connectivity index (χ1) is 25.2. The highest BCUT2D eigenvalue weighted by atomic mass is 19.4. The molecule has 1 atom stereocenters. The lowest BCUT2D eigenvalue weighted by Gasteiger charge is -2.33. The summed E-state index contributed by atoms with van der Waals surface area (Å²) in [5.41, 5.74) is -4.55. The molecule has 4 aromatic rings. The Bertz CT molecular complexity index is 2030. The Balaban J connectivity index is 1.97. The van der Waals surface area contributed by atoms with Gasteiger partial charge < -0.3 is 14.6 Å². The second-order valence-corrected chi connectivity index (χ2v) is 12.2. The summed E-state index contributed by atoms with van der Waals surface area (Å²) in [6.07, 6.45) is -4.78. The second-order valence-electron chi connectivity index (χ2n) is 12.2. The number of aliphatic carboxylic acids is 1. The molecule has 0 radical (unpaired) electrons. The van der Waals surface area contributed by atoms with Crippen LogP contribution in [0.4, 0.5) is 22.0 Å². The number of benzene rings is 3. The van der Waals surface area contributed by atoms with Gasteiger partial charge in [-0.05, 0) is 63.5 Å². The Morgan fingerprint density at radius 2 is 1.57 bits per heavy atom. The quantitative estimate of drug-likeness (QED) is 0.0950. The standard InChI is InChI=1S/C38H40F5N3O7/c1-4-53-33(49)19-11-21-44(20-10-18-32(47)48)30(25-12-6-5-7-13-25)23-46-36(50)34(26-14-8-17-31(52-3)35(26)40)24(2)45(37(46)51)22-27-28(38(41,42)43)15-9-16-29(27)39/h5-9,12-17,30H,4,10-11,18-23H2,1-3H3,(H,47,48)/t30-/m0/s1. The van der Waals surface area contributed by atoms with Crippen LogP contribution in [0.25, 0.3) is 11.1 Å². The Labute approximate surface area is 302 Å². The van der Waals surface area contributed by atoms with E-state index in [1.54, 1.807) is 42.2 Å². The van der Waals surface area contributed by atoms with Gasteiger partial charge in [0.05, 0.1) is 44.0 Å². The fourth-order valence-corrected chi connectivity index (χ4v) is 6.26. The van der Waals surface area contributed by atoms with Crippen molar-refractivity contribution in [2.75, 3.05) is 26.8 Å². The number of hydrogen-bond donors (Lipinski definition) is 1. The number of halogens is 5. The predicted octanol–water partition coefficient (Wildman–Crippen LogP) is 6.59.